The Hall–Kier alpha value is -1.79. The van der Waals surface area contributed by atoms with E-state index in [4.69, 9.17) is 21.4 Å². The number of nitrogens with one attached hydrogen (secondary N) is 1. The highest BCUT2D eigenvalue weighted by Crippen LogP contribution is 2.20. The highest BCUT2D eigenvalue weighted by molar-refractivity contribution is 6.31. The maximum atomic E-state index is 12.2. The number of carbonyl (C=O) groups is 2. The van der Waals surface area contributed by atoms with Gasteiger partial charge in [-0.2, -0.15) is 0 Å². The molecule has 1 fully saturated rings. The normalized spacial score (nSPS) is 15.5. The molecule has 0 bridgehead atoms. The fourth-order valence-corrected chi connectivity index (χ4v) is 2.47. The monoisotopic (exact) mass is 312 g/mol. The smallest absolute Gasteiger partial charge is 0.335 e. The number of anilines is 1. The summed E-state index contributed by atoms with van der Waals surface area (Å²) in [6.45, 7) is 1.28. The van der Waals surface area contributed by atoms with Crippen LogP contribution in [0.25, 0.3) is 0 Å². The number of benzene rings is 1. The molecule has 2 N–H and O–H groups in total. The second-order valence-electron chi connectivity index (χ2n) is 4.92. The first-order valence-electron chi connectivity index (χ1n) is 6.63. The average Bonchev–Trinajstić information content (AvgIpc) is 2.46. The van der Waals surface area contributed by atoms with Gasteiger partial charge in [0, 0.05) is 37.0 Å². The molecule has 1 saturated heterocycles. The second kappa shape index (κ2) is 6.78. The summed E-state index contributed by atoms with van der Waals surface area (Å²) >= 11 is 5.86. The zero-order valence-corrected chi connectivity index (χ0v) is 12.4. The number of hydrogen-bond donors (Lipinski definition) is 2. The van der Waals surface area contributed by atoms with E-state index in [2.05, 4.69) is 5.32 Å². The Labute approximate surface area is 127 Å². The SMILES string of the molecule is CN(C(=O)Nc1cc(Cl)cc(C(=O)O)c1)C1CCOCC1. The van der Waals surface area contributed by atoms with Crippen LogP contribution in [0.4, 0.5) is 10.5 Å². The first-order chi connectivity index (χ1) is 9.97. The van der Waals surface area contributed by atoms with Crippen molar-refractivity contribution >= 4 is 29.3 Å². The third-order valence-electron chi connectivity index (χ3n) is 3.45. The summed E-state index contributed by atoms with van der Waals surface area (Å²) in [4.78, 5) is 24.8. The molecule has 1 aromatic carbocycles. The Balaban J connectivity index is 2.06. The lowest BCUT2D eigenvalue weighted by atomic mass is 10.1. The molecule has 2 rings (SSSR count). The number of nitrogens with zero attached hydrogens (tertiary/aromatic N) is 1. The molecule has 21 heavy (non-hydrogen) atoms. The lowest BCUT2D eigenvalue weighted by Gasteiger charge is -2.31. The van der Waals surface area contributed by atoms with Crippen molar-refractivity contribution in [3.8, 4) is 0 Å². The third kappa shape index (κ3) is 4.09. The quantitative estimate of drug-likeness (QED) is 0.899. The lowest BCUT2D eigenvalue weighted by Crippen LogP contribution is -2.42. The summed E-state index contributed by atoms with van der Waals surface area (Å²) in [6, 6.07) is 4.06. The van der Waals surface area contributed by atoms with Gasteiger partial charge in [0.2, 0.25) is 0 Å². The van der Waals surface area contributed by atoms with Crippen LogP contribution in [0.15, 0.2) is 18.2 Å². The van der Waals surface area contributed by atoms with Crippen molar-refractivity contribution in [2.45, 2.75) is 18.9 Å². The minimum atomic E-state index is -1.09. The van der Waals surface area contributed by atoms with Gasteiger partial charge in [0.1, 0.15) is 0 Å². The molecule has 0 aromatic heterocycles. The Morgan fingerprint density at radius 3 is 2.62 bits per heavy atom. The van der Waals surface area contributed by atoms with E-state index < -0.39 is 5.97 Å². The maximum absolute atomic E-state index is 12.2. The van der Waals surface area contributed by atoms with Crippen LogP contribution < -0.4 is 5.32 Å². The number of rotatable bonds is 3. The van der Waals surface area contributed by atoms with Crippen molar-refractivity contribution in [1.29, 1.82) is 0 Å². The van der Waals surface area contributed by atoms with E-state index in [1.54, 1.807) is 11.9 Å². The molecular formula is C14H17ClN2O4. The Morgan fingerprint density at radius 2 is 2.00 bits per heavy atom. The van der Waals surface area contributed by atoms with Crippen molar-refractivity contribution < 1.29 is 19.4 Å². The van der Waals surface area contributed by atoms with Gasteiger partial charge in [0.05, 0.1) is 5.56 Å². The number of amides is 2. The topological polar surface area (TPSA) is 78.9 Å². The first-order valence-corrected chi connectivity index (χ1v) is 7.00. The third-order valence-corrected chi connectivity index (χ3v) is 3.67. The fourth-order valence-electron chi connectivity index (χ4n) is 2.24. The number of carbonyl (C=O) groups excluding carboxylic acids is 1. The van der Waals surface area contributed by atoms with Crippen molar-refractivity contribution in [2.75, 3.05) is 25.6 Å². The van der Waals surface area contributed by atoms with Crippen LogP contribution in [0.2, 0.25) is 5.02 Å². The molecule has 0 saturated carbocycles. The molecule has 6 nitrogen and oxygen atoms in total. The maximum Gasteiger partial charge on any atom is 0.335 e. The van der Waals surface area contributed by atoms with Crippen LogP contribution in [-0.4, -0.2) is 48.3 Å². The van der Waals surface area contributed by atoms with Crippen LogP contribution in [-0.2, 0) is 4.74 Å². The molecular weight excluding hydrogens is 296 g/mol. The Bertz CT molecular complexity index is 544. The van der Waals surface area contributed by atoms with E-state index in [0.717, 1.165) is 12.8 Å². The van der Waals surface area contributed by atoms with Gasteiger partial charge in [-0.3, -0.25) is 0 Å². The summed E-state index contributed by atoms with van der Waals surface area (Å²) in [7, 11) is 1.72. The van der Waals surface area contributed by atoms with Crippen molar-refractivity contribution in [2.24, 2.45) is 0 Å². The molecule has 2 amide bonds. The number of hydrogen-bond acceptors (Lipinski definition) is 3. The first kappa shape index (κ1) is 15.6. The molecule has 0 atom stereocenters. The number of carboxylic acid groups (broad SMARTS) is 1. The van der Waals surface area contributed by atoms with E-state index in [-0.39, 0.29) is 22.7 Å². The number of urea groups is 1. The van der Waals surface area contributed by atoms with Gasteiger partial charge in [-0.25, -0.2) is 9.59 Å². The summed E-state index contributed by atoms with van der Waals surface area (Å²) in [5.74, 6) is -1.09. The molecule has 1 aliphatic rings. The number of halogens is 1. The molecule has 1 aromatic rings. The van der Waals surface area contributed by atoms with Crippen LogP contribution in [0.3, 0.4) is 0 Å². The van der Waals surface area contributed by atoms with E-state index in [1.807, 2.05) is 0 Å². The molecule has 1 aliphatic heterocycles. The van der Waals surface area contributed by atoms with E-state index in [9.17, 15) is 9.59 Å². The van der Waals surface area contributed by atoms with Gasteiger partial charge in [-0.15, -0.1) is 0 Å². The van der Waals surface area contributed by atoms with Gasteiger partial charge in [-0.1, -0.05) is 11.6 Å². The zero-order chi connectivity index (χ0) is 15.4. The highest BCUT2D eigenvalue weighted by Gasteiger charge is 2.22. The summed E-state index contributed by atoms with van der Waals surface area (Å²) in [5.41, 5.74) is 0.398. The Kier molecular flexibility index (Phi) is 5.03. The fraction of sp³-hybridized carbons (Fsp3) is 0.429. The van der Waals surface area contributed by atoms with Crippen molar-refractivity contribution in [1.82, 2.24) is 4.90 Å². The van der Waals surface area contributed by atoms with E-state index >= 15 is 0 Å². The predicted molar refractivity (Wildman–Crippen MR) is 79.0 cm³/mol. The van der Waals surface area contributed by atoms with Gasteiger partial charge < -0.3 is 20.1 Å². The molecule has 0 spiro atoms. The standard InChI is InChI=1S/C14H17ClN2O4/c1-17(12-2-4-21-5-3-12)14(20)16-11-7-9(13(18)19)6-10(15)8-11/h6-8,12H,2-5H2,1H3,(H,16,20)(H,18,19). The minimum Gasteiger partial charge on any atom is -0.478 e. The molecule has 0 radical (unpaired) electrons. The number of carboxylic acids is 1. The Morgan fingerprint density at radius 1 is 1.33 bits per heavy atom. The van der Waals surface area contributed by atoms with Gasteiger partial charge in [0.15, 0.2) is 0 Å². The van der Waals surface area contributed by atoms with Gasteiger partial charge in [0.25, 0.3) is 0 Å². The molecule has 114 valence electrons. The summed E-state index contributed by atoms with van der Waals surface area (Å²) in [6.07, 6.45) is 1.58. The van der Waals surface area contributed by atoms with Crippen LogP contribution >= 0.6 is 11.6 Å². The molecule has 7 heteroatoms. The lowest BCUT2D eigenvalue weighted by molar-refractivity contribution is 0.0544. The van der Waals surface area contributed by atoms with E-state index in [1.165, 1.54) is 18.2 Å². The minimum absolute atomic E-state index is 0.0338. The van der Waals surface area contributed by atoms with Gasteiger partial charge >= 0.3 is 12.0 Å². The highest BCUT2D eigenvalue weighted by atomic mass is 35.5. The number of ether oxygens (including phenoxy) is 1. The average molecular weight is 313 g/mol. The van der Waals surface area contributed by atoms with Crippen molar-refractivity contribution in [3.63, 3.8) is 0 Å². The molecule has 0 aliphatic carbocycles. The van der Waals surface area contributed by atoms with Crippen LogP contribution in [0.1, 0.15) is 23.2 Å². The van der Waals surface area contributed by atoms with E-state index in [0.29, 0.717) is 18.9 Å². The predicted octanol–water partition coefficient (Wildman–Crippen LogP) is 2.68. The zero-order valence-electron chi connectivity index (χ0n) is 11.6. The summed E-state index contributed by atoms with van der Waals surface area (Å²) < 4.78 is 5.26. The largest absolute Gasteiger partial charge is 0.478 e. The second-order valence-corrected chi connectivity index (χ2v) is 5.35. The van der Waals surface area contributed by atoms with Crippen LogP contribution in [0.5, 0.6) is 0 Å². The molecule has 0 unspecified atom stereocenters. The summed E-state index contributed by atoms with van der Waals surface area (Å²) in [5, 5.41) is 11.9. The number of aromatic carboxylic acids is 1. The molecule has 1 heterocycles. The van der Waals surface area contributed by atoms with Crippen molar-refractivity contribution in [3.05, 3.63) is 28.8 Å². The van der Waals surface area contributed by atoms with Crippen LogP contribution in [0, 0.1) is 0 Å². The van der Waals surface area contributed by atoms with Gasteiger partial charge in [-0.05, 0) is 31.0 Å².